The molecule has 1 rings (SSSR count). The molecule has 0 aliphatic carbocycles. The molecule has 0 aromatic rings. The van der Waals surface area contributed by atoms with Gasteiger partial charge < -0.3 is 24.8 Å². The van der Waals surface area contributed by atoms with Gasteiger partial charge in [0.15, 0.2) is 23.4 Å². The Morgan fingerprint density at radius 3 is 1.90 bits per heavy atom. The van der Waals surface area contributed by atoms with Crippen LogP contribution in [0.1, 0.15) is 96.8 Å². The SMILES string of the molecule is C=C1O[C@H]([C@@H](O)COC(=O)CCCCCCCCCCCCCCC)C(O)=C1O. The van der Waals surface area contributed by atoms with Gasteiger partial charge >= 0.3 is 5.97 Å². The molecule has 168 valence electrons. The highest BCUT2D eigenvalue weighted by Gasteiger charge is 2.36. The first-order chi connectivity index (χ1) is 14.0. The van der Waals surface area contributed by atoms with Crippen molar-refractivity contribution in [2.24, 2.45) is 0 Å². The van der Waals surface area contributed by atoms with Crippen molar-refractivity contribution in [1.29, 1.82) is 0 Å². The van der Waals surface area contributed by atoms with E-state index in [1.165, 1.54) is 64.2 Å². The molecule has 1 aliphatic heterocycles. The lowest BCUT2D eigenvalue weighted by Gasteiger charge is -2.18. The van der Waals surface area contributed by atoms with E-state index in [9.17, 15) is 20.1 Å². The van der Waals surface area contributed by atoms with Crippen molar-refractivity contribution in [1.82, 2.24) is 0 Å². The Labute approximate surface area is 175 Å². The molecule has 0 aromatic heterocycles. The van der Waals surface area contributed by atoms with Gasteiger partial charge in [-0.1, -0.05) is 90.6 Å². The van der Waals surface area contributed by atoms with Crippen LogP contribution in [-0.4, -0.2) is 40.1 Å². The van der Waals surface area contributed by atoms with Crippen molar-refractivity contribution in [2.75, 3.05) is 6.61 Å². The Balaban J connectivity index is 1.93. The molecule has 3 N–H and O–H groups in total. The summed E-state index contributed by atoms with van der Waals surface area (Å²) in [6.45, 7) is 5.35. The van der Waals surface area contributed by atoms with Gasteiger partial charge in [-0.25, -0.2) is 0 Å². The van der Waals surface area contributed by atoms with Crippen molar-refractivity contribution in [3.05, 3.63) is 23.9 Å². The first-order valence-corrected chi connectivity index (χ1v) is 11.3. The van der Waals surface area contributed by atoms with Gasteiger partial charge in [-0.2, -0.15) is 0 Å². The molecule has 0 fully saturated rings. The van der Waals surface area contributed by atoms with Gasteiger partial charge in [0.25, 0.3) is 0 Å². The van der Waals surface area contributed by atoms with E-state index in [0.29, 0.717) is 6.42 Å². The summed E-state index contributed by atoms with van der Waals surface area (Å²) in [6.07, 6.45) is 14.1. The number of rotatable bonds is 17. The zero-order chi connectivity index (χ0) is 21.5. The number of ether oxygens (including phenoxy) is 2. The number of esters is 1. The van der Waals surface area contributed by atoms with E-state index >= 15 is 0 Å². The zero-order valence-corrected chi connectivity index (χ0v) is 18.0. The number of carbonyl (C=O) groups excluding carboxylic acids is 1. The van der Waals surface area contributed by atoms with E-state index in [0.717, 1.165) is 19.3 Å². The lowest BCUT2D eigenvalue weighted by molar-refractivity contribution is -0.149. The largest absolute Gasteiger partial charge is 0.505 e. The summed E-state index contributed by atoms with van der Waals surface area (Å²) in [5, 5.41) is 29.0. The number of hydrogen-bond donors (Lipinski definition) is 3. The van der Waals surface area contributed by atoms with Crippen molar-refractivity contribution in [3.63, 3.8) is 0 Å². The van der Waals surface area contributed by atoms with Crippen LogP contribution in [-0.2, 0) is 14.3 Å². The summed E-state index contributed by atoms with van der Waals surface area (Å²) < 4.78 is 10.1. The molecule has 1 aliphatic rings. The van der Waals surface area contributed by atoms with Crippen molar-refractivity contribution in [2.45, 2.75) is 109 Å². The van der Waals surface area contributed by atoms with Crippen LogP contribution in [0.3, 0.4) is 0 Å². The molecule has 2 atom stereocenters. The molecule has 1 heterocycles. The highest BCUT2D eigenvalue weighted by atomic mass is 16.6. The maximum absolute atomic E-state index is 11.8. The van der Waals surface area contributed by atoms with Crippen LogP contribution in [0.25, 0.3) is 0 Å². The first kappa shape index (κ1) is 25.3. The van der Waals surface area contributed by atoms with Gasteiger partial charge in [-0.05, 0) is 6.42 Å². The third-order valence-corrected chi connectivity index (χ3v) is 5.29. The number of aliphatic hydroxyl groups excluding tert-OH is 3. The second-order valence-electron chi connectivity index (χ2n) is 7.94. The molecule has 0 amide bonds. The molecular weight excluding hydrogens is 372 g/mol. The number of hydrogen-bond acceptors (Lipinski definition) is 6. The molecule has 0 saturated carbocycles. The molecular formula is C23H40O6. The van der Waals surface area contributed by atoms with Crippen molar-refractivity contribution < 1.29 is 29.6 Å². The predicted octanol–water partition coefficient (Wildman–Crippen LogP) is 5.61. The Kier molecular flexibility index (Phi) is 13.3. The number of aliphatic hydroxyl groups is 3. The summed E-state index contributed by atoms with van der Waals surface area (Å²) in [4.78, 5) is 11.8. The Morgan fingerprint density at radius 2 is 1.45 bits per heavy atom. The smallest absolute Gasteiger partial charge is 0.305 e. The molecule has 0 saturated heterocycles. The lowest BCUT2D eigenvalue weighted by Crippen LogP contribution is -2.33. The highest BCUT2D eigenvalue weighted by molar-refractivity contribution is 5.69. The molecule has 0 bridgehead atoms. The number of carbonyl (C=O) groups is 1. The monoisotopic (exact) mass is 412 g/mol. The molecule has 6 heteroatoms. The normalized spacial score (nSPS) is 17.4. The molecule has 0 aromatic carbocycles. The van der Waals surface area contributed by atoms with Gasteiger partial charge in [0.05, 0.1) is 0 Å². The Bertz CT molecular complexity index is 513. The van der Waals surface area contributed by atoms with Crippen LogP contribution in [0.15, 0.2) is 23.9 Å². The Hall–Kier alpha value is -1.69. The van der Waals surface area contributed by atoms with Crippen molar-refractivity contribution in [3.8, 4) is 0 Å². The zero-order valence-electron chi connectivity index (χ0n) is 18.0. The average molecular weight is 413 g/mol. The summed E-state index contributed by atoms with van der Waals surface area (Å²) in [5.41, 5.74) is 0. The fraction of sp³-hybridized carbons (Fsp3) is 0.783. The highest BCUT2D eigenvalue weighted by Crippen LogP contribution is 2.27. The lowest BCUT2D eigenvalue weighted by atomic mass is 10.0. The number of unbranched alkanes of at least 4 members (excludes halogenated alkanes) is 12. The predicted molar refractivity (Wildman–Crippen MR) is 114 cm³/mol. The van der Waals surface area contributed by atoms with E-state index in [1.54, 1.807) is 0 Å². The van der Waals surface area contributed by atoms with Crippen LogP contribution in [0.5, 0.6) is 0 Å². The second kappa shape index (κ2) is 15.2. The van der Waals surface area contributed by atoms with Crippen LogP contribution in [0.2, 0.25) is 0 Å². The van der Waals surface area contributed by atoms with E-state index in [1.807, 2.05) is 0 Å². The average Bonchev–Trinajstić information content (AvgIpc) is 2.97. The third kappa shape index (κ3) is 10.6. The maximum atomic E-state index is 11.8. The fourth-order valence-electron chi connectivity index (χ4n) is 3.43. The topological polar surface area (TPSA) is 96.2 Å². The minimum Gasteiger partial charge on any atom is -0.505 e. The molecule has 0 unspecified atom stereocenters. The van der Waals surface area contributed by atoms with Crippen LogP contribution in [0, 0.1) is 0 Å². The molecule has 6 nitrogen and oxygen atoms in total. The minimum atomic E-state index is -1.26. The van der Waals surface area contributed by atoms with Crippen LogP contribution < -0.4 is 0 Å². The fourth-order valence-corrected chi connectivity index (χ4v) is 3.43. The van der Waals surface area contributed by atoms with Crippen LogP contribution in [0.4, 0.5) is 0 Å². The Morgan fingerprint density at radius 1 is 0.966 bits per heavy atom. The van der Waals surface area contributed by atoms with Gasteiger partial charge in [-0.3, -0.25) is 4.79 Å². The van der Waals surface area contributed by atoms with E-state index in [-0.39, 0.29) is 18.3 Å². The standard InChI is InChI=1S/C23H40O6/c1-3-4-5-6-7-8-9-10-11-12-13-14-15-16-20(25)28-17-19(24)23-22(27)21(26)18(2)29-23/h19,23-24,26-27H,2-17H2,1H3/t19-,23+/m0/s1. The first-order valence-electron chi connectivity index (χ1n) is 11.3. The van der Waals surface area contributed by atoms with Gasteiger partial charge in [-0.15, -0.1) is 0 Å². The summed E-state index contributed by atoms with van der Waals surface area (Å²) in [6, 6.07) is 0. The molecule has 29 heavy (non-hydrogen) atoms. The summed E-state index contributed by atoms with van der Waals surface area (Å²) >= 11 is 0. The van der Waals surface area contributed by atoms with Crippen molar-refractivity contribution >= 4 is 5.97 Å². The van der Waals surface area contributed by atoms with E-state index in [4.69, 9.17) is 9.47 Å². The van der Waals surface area contributed by atoms with Crippen LogP contribution >= 0.6 is 0 Å². The quantitative estimate of drug-likeness (QED) is 0.212. The second-order valence-corrected chi connectivity index (χ2v) is 7.94. The third-order valence-electron chi connectivity index (χ3n) is 5.29. The molecule has 0 radical (unpaired) electrons. The van der Waals surface area contributed by atoms with E-state index < -0.39 is 23.7 Å². The summed E-state index contributed by atoms with van der Waals surface area (Å²) in [5.74, 6) is -1.45. The molecule has 0 spiro atoms. The van der Waals surface area contributed by atoms with E-state index in [2.05, 4.69) is 13.5 Å². The van der Waals surface area contributed by atoms with Gasteiger partial charge in [0.2, 0.25) is 0 Å². The maximum Gasteiger partial charge on any atom is 0.305 e. The van der Waals surface area contributed by atoms with Gasteiger partial charge in [0, 0.05) is 6.42 Å². The minimum absolute atomic E-state index is 0.107. The van der Waals surface area contributed by atoms with Gasteiger partial charge in [0.1, 0.15) is 12.7 Å². The summed E-state index contributed by atoms with van der Waals surface area (Å²) in [7, 11) is 0.